The summed E-state index contributed by atoms with van der Waals surface area (Å²) in [6.07, 6.45) is 2.95. The van der Waals surface area contributed by atoms with Crippen LogP contribution in [0.5, 0.6) is 0 Å². The van der Waals surface area contributed by atoms with Crippen LogP contribution in [0.3, 0.4) is 0 Å². The van der Waals surface area contributed by atoms with Crippen LogP contribution in [0.15, 0.2) is 18.3 Å². The summed E-state index contributed by atoms with van der Waals surface area (Å²) in [5, 5.41) is 0. The Morgan fingerprint density at radius 2 is 2.29 bits per heavy atom. The van der Waals surface area contributed by atoms with E-state index in [1.165, 1.54) is 6.42 Å². The van der Waals surface area contributed by atoms with Crippen LogP contribution in [0.4, 0.5) is 11.5 Å². The molecule has 14 heavy (non-hydrogen) atoms. The van der Waals surface area contributed by atoms with Crippen LogP contribution in [-0.4, -0.2) is 18.6 Å². The van der Waals surface area contributed by atoms with Crippen LogP contribution in [-0.2, 0) is 0 Å². The SMILES string of the molecule is CCC(C)CN(C)c1ncccc1N. The van der Waals surface area contributed by atoms with Crippen LogP contribution in [0.25, 0.3) is 0 Å². The molecule has 0 aliphatic rings. The summed E-state index contributed by atoms with van der Waals surface area (Å²) in [5.41, 5.74) is 6.58. The van der Waals surface area contributed by atoms with E-state index < -0.39 is 0 Å². The Balaban J connectivity index is 2.69. The average Bonchev–Trinajstić information content (AvgIpc) is 2.18. The molecule has 1 atom stereocenters. The highest BCUT2D eigenvalue weighted by atomic mass is 15.2. The van der Waals surface area contributed by atoms with Crippen molar-refractivity contribution < 1.29 is 0 Å². The van der Waals surface area contributed by atoms with Crippen molar-refractivity contribution in [1.82, 2.24) is 4.98 Å². The standard InChI is InChI=1S/C11H19N3/c1-4-9(2)8-14(3)11-10(12)6-5-7-13-11/h5-7,9H,4,8,12H2,1-3H3. The first-order valence-electron chi connectivity index (χ1n) is 5.06. The van der Waals surface area contributed by atoms with Crippen molar-refractivity contribution >= 4 is 11.5 Å². The number of anilines is 2. The van der Waals surface area contributed by atoms with Crippen LogP contribution < -0.4 is 10.6 Å². The fourth-order valence-corrected chi connectivity index (χ4v) is 1.41. The summed E-state index contributed by atoms with van der Waals surface area (Å²) in [7, 11) is 2.03. The second-order valence-electron chi connectivity index (χ2n) is 3.81. The van der Waals surface area contributed by atoms with Gasteiger partial charge in [0.15, 0.2) is 5.82 Å². The van der Waals surface area contributed by atoms with Gasteiger partial charge in [-0.15, -0.1) is 0 Å². The van der Waals surface area contributed by atoms with Gasteiger partial charge in [0.2, 0.25) is 0 Å². The number of nitrogens with zero attached hydrogens (tertiary/aromatic N) is 2. The smallest absolute Gasteiger partial charge is 0.151 e. The third kappa shape index (κ3) is 2.62. The Kier molecular flexibility index (Phi) is 3.74. The van der Waals surface area contributed by atoms with Gasteiger partial charge in [0.25, 0.3) is 0 Å². The lowest BCUT2D eigenvalue weighted by Crippen LogP contribution is -2.25. The summed E-state index contributed by atoms with van der Waals surface area (Å²) in [5.74, 6) is 1.55. The van der Waals surface area contributed by atoms with Gasteiger partial charge < -0.3 is 10.6 Å². The molecule has 0 aliphatic heterocycles. The third-order valence-electron chi connectivity index (χ3n) is 2.46. The molecular formula is C11H19N3. The first-order valence-corrected chi connectivity index (χ1v) is 5.06. The Bertz CT molecular complexity index is 286. The van der Waals surface area contributed by atoms with E-state index in [1.807, 2.05) is 19.2 Å². The number of hydrogen-bond acceptors (Lipinski definition) is 3. The molecule has 0 amide bonds. The van der Waals surface area contributed by atoms with Gasteiger partial charge in [0.1, 0.15) is 0 Å². The third-order valence-corrected chi connectivity index (χ3v) is 2.46. The molecule has 1 rings (SSSR count). The number of pyridine rings is 1. The first-order chi connectivity index (χ1) is 6.65. The van der Waals surface area contributed by atoms with E-state index in [-0.39, 0.29) is 0 Å². The maximum Gasteiger partial charge on any atom is 0.151 e. The summed E-state index contributed by atoms with van der Waals surface area (Å²) >= 11 is 0. The van der Waals surface area contributed by atoms with E-state index >= 15 is 0 Å². The molecule has 0 spiro atoms. The molecule has 0 bridgehead atoms. The lowest BCUT2D eigenvalue weighted by molar-refractivity contribution is 0.558. The van der Waals surface area contributed by atoms with Crippen molar-refractivity contribution in [3.63, 3.8) is 0 Å². The van der Waals surface area contributed by atoms with E-state index in [1.54, 1.807) is 6.20 Å². The number of rotatable bonds is 4. The molecule has 1 unspecified atom stereocenters. The predicted octanol–water partition coefficient (Wildman–Crippen LogP) is 2.15. The first kappa shape index (κ1) is 10.8. The molecule has 2 N–H and O–H groups in total. The van der Waals surface area contributed by atoms with Gasteiger partial charge >= 0.3 is 0 Å². The monoisotopic (exact) mass is 193 g/mol. The highest BCUT2D eigenvalue weighted by Crippen LogP contribution is 2.18. The summed E-state index contributed by atoms with van der Waals surface area (Å²) < 4.78 is 0. The topological polar surface area (TPSA) is 42.2 Å². The van der Waals surface area contributed by atoms with E-state index in [0.29, 0.717) is 5.92 Å². The molecule has 78 valence electrons. The van der Waals surface area contributed by atoms with Crippen LogP contribution in [0.1, 0.15) is 20.3 Å². The average molecular weight is 193 g/mol. The van der Waals surface area contributed by atoms with Gasteiger partial charge in [0, 0.05) is 19.8 Å². The molecule has 0 saturated heterocycles. The summed E-state index contributed by atoms with van der Waals surface area (Å²) in [4.78, 5) is 6.38. The van der Waals surface area contributed by atoms with Gasteiger partial charge in [0.05, 0.1) is 5.69 Å². The van der Waals surface area contributed by atoms with Gasteiger partial charge in [-0.1, -0.05) is 20.3 Å². The van der Waals surface area contributed by atoms with E-state index in [0.717, 1.165) is 18.1 Å². The minimum absolute atomic E-state index is 0.668. The number of nitrogen functional groups attached to an aromatic ring is 1. The van der Waals surface area contributed by atoms with E-state index in [9.17, 15) is 0 Å². The van der Waals surface area contributed by atoms with Gasteiger partial charge in [-0.2, -0.15) is 0 Å². The fraction of sp³-hybridized carbons (Fsp3) is 0.545. The minimum Gasteiger partial charge on any atom is -0.396 e. The Labute approximate surface area is 85.9 Å². The number of hydrogen-bond donors (Lipinski definition) is 1. The molecule has 0 aromatic carbocycles. The molecule has 0 radical (unpaired) electrons. The highest BCUT2D eigenvalue weighted by molar-refractivity contribution is 5.61. The van der Waals surface area contributed by atoms with Crippen LogP contribution in [0, 0.1) is 5.92 Å². The van der Waals surface area contributed by atoms with E-state index in [4.69, 9.17) is 5.73 Å². The van der Waals surface area contributed by atoms with Gasteiger partial charge in [-0.3, -0.25) is 0 Å². The normalized spacial score (nSPS) is 12.5. The Morgan fingerprint density at radius 1 is 1.57 bits per heavy atom. The molecular weight excluding hydrogens is 174 g/mol. The molecule has 3 heteroatoms. The predicted molar refractivity (Wildman–Crippen MR) is 61.4 cm³/mol. The molecule has 0 saturated carbocycles. The zero-order chi connectivity index (χ0) is 10.6. The maximum absolute atomic E-state index is 5.83. The minimum atomic E-state index is 0.668. The Morgan fingerprint density at radius 3 is 2.86 bits per heavy atom. The fourth-order valence-electron chi connectivity index (χ4n) is 1.41. The molecule has 1 aromatic rings. The quantitative estimate of drug-likeness (QED) is 0.796. The van der Waals surface area contributed by atoms with Crippen molar-refractivity contribution in [1.29, 1.82) is 0 Å². The largest absolute Gasteiger partial charge is 0.396 e. The second kappa shape index (κ2) is 4.84. The van der Waals surface area contributed by atoms with Crippen LogP contribution >= 0.6 is 0 Å². The maximum atomic E-state index is 5.83. The number of aromatic nitrogens is 1. The molecule has 0 fully saturated rings. The Hall–Kier alpha value is -1.25. The zero-order valence-corrected chi connectivity index (χ0v) is 9.20. The lowest BCUT2D eigenvalue weighted by atomic mass is 10.1. The lowest BCUT2D eigenvalue weighted by Gasteiger charge is -2.22. The molecule has 1 heterocycles. The van der Waals surface area contributed by atoms with Crippen molar-refractivity contribution in [2.24, 2.45) is 5.92 Å². The summed E-state index contributed by atoms with van der Waals surface area (Å²) in [6.45, 7) is 5.42. The molecule has 3 nitrogen and oxygen atoms in total. The van der Waals surface area contributed by atoms with E-state index in [2.05, 4.69) is 23.7 Å². The van der Waals surface area contributed by atoms with Gasteiger partial charge in [-0.05, 0) is 18.1 Å². The number of nitrogens with two attached hydrogens (primary N) is 1. The molecule has 0 aliphatic carbocycles. The summed E-state index contributed by atoms with van der Waals surface area (Å²) in [6, 6.07) is 3.74. The van der Waals surface area contributed by atoms with Crippen molar-refractivity contribution in [3.8, 4) is 0 Å². The van der Waals surface area contributed by atoms with Gasteiger partial charge in [-0.25, -0.2) is 4.98 Å². The van der Waals surface area contributed by atoms with Crippen molar-refractivity contribution in [2.75, 3.05) is 24.2 Å². The van der Waals surface area contributed by atoms with Crippen LogP contribution in [0.2, 0.25) is 0 Å². The molecule has 1 aromatic heterocycles. The van der Waals surface area contributed by atoms with Crippen molar-refractivity contribution in [3.05, 3.63) is 18.3 Å². The highest BCUT2D eigenvalue weighted by Gasteiger charge is 2.08. The van der Waals surface area contributed by atoms with Crippen molar-refractivity contribution in [2.45, 2.75) is 20.3 Å². The zero-order valence-electron chi connectivity index (χ0n) is 9.20. The second-order valence-corrected chi connectivity index (χ2v) is 3.81.